The molecule has 0 spiro atoms. The Kier molecular flexibility index (Phi) is 2.61. The van der Waals surface area contributed by atoms with E-state index in [0.29, 0.717) is 17.5 Å². The van der Waals surface area contributed by atoms with E-state index in [2.05, 4.69) is 0 Å². The van der Waals surface area contributed by atoms with Crippen LogP contribution in [0.5, 0.6) is 17.2 Å². The lowest BCUT2D eigenvalue weighted by Gasteiger charge is -2.23. The molecule has 5 nitrogen and oxygen atoms in total. The molecule has 0 amide bonds. The monoisotopic (exact) mass is 310 g/mol. The fraction of sp³-hybridized carbons (Fsp3) is 0.222. The predicted octanol–water partition coefficient (Wildman–Crippen LogP) is 2.63. The third kappa shape index (κ3) is 1.56. The molecule has 0 fully saturated rings. The first-order valence-electron chi connectivity index (χ1n) is 7.45. The fourth-order valence-electron chi connectivity index (χ4n) is 3.75. The Bertz CT molecular complexity index is 910. The number of hydrogen-bond acceptors (Lipinski definition) is 5. The van der Waals surface area contributed by atoms with Gasteiger partial charge >= 0.3 is 0 Å². The molecule has 0 bridgehead atoms. The second-order valence-electron chi connectivity index (χ2n) is 6.14. The van der Waals surface area contributed by atoms with Crippen LogP contribution < -0.4 is 0 Å². The minimum Gasteiger partial charge on any atom is -0.507 e. The maximum atomic E-state index is 12.8. The van der Waals surface area contributed by atoms with Crippen molar-refractivity contribution in [1.82, 2.24) is 0 Å². The Morgan fingerprint density at radius 2 is 1.65 bits per heavy atom. The molecule has 0 aromatic heterocycles. The van der Waals surface area contributed by atoms with Crippen molar-refractivity contribution in [2.24, 2.45) is 0 Å². The molecule has 2 aromatic carbocycles. The van der Waals surface area contributed by atoms with Crippen LogP contribution in [0.15, 0.2) is 18.2 Å². The van der Waals surface area contributed by atoms with Gasteiger partial charge in [-0.05, 0) is 24.8 Å². The standard InChI is InChI=1S/C18H14O5/c1-7-5-6-9-11(7)17(22)13-14(16(9)21)18(23)12-8(15(13)20)3-2-4-10(12)19/h2-4,7,19,21-22H,5-6H2,1H3. The van der Waals surface area contributed by atoms with Gasteiger partial charge < -0.3 is 15.3 Å². The summed E-state index contributed by atoms with van der Waals surface area (Å²) in [5.41, 5.74) is 0.640. The van der Waals surface area contributed by atoms with E-state index in [1.807, 2.05) is 6.92 Å². The molecule has 2 aliphatic carbocycles. The van der Waals surface area contributed by atoms with Crippen molar-refractivity contribution in [1.29, 1.82) is 0 Å². The average molecular weight is 310 g/mol. The summed E-state index contributed by atoms with van der Waals surface area (Å²) in [6.07, 6.45) is 1.28. The first-order chi connectivity index (χ1) is 10.9. The number of carbonyl (C=O) groups excluding carboxylic acids is 2. The summed E-state index contributed by atoms with van der Waals surface area (Å²) >= 11 is 0. The molecule has 5 heteroatoms. The summed E-state index contributed by atoms with van der Waals surface area (Å²) in [7, 11) is 0. The normalized spacial score (nSPS) is 18.6. The van der Waals surface area contributed by atoms with Gasteiger partial charge in [0.25, 0.3) is 0 Å². The average Bonchev–Trinajstić information content (AvgIpc) is 2.90. The van der Waals surface area contributed by atoms with Crippen LogP contribution in [0.25, 0.3) is 0 Å². The highest BCUT2D eigenvalue weighted by Gasteiger charge is 2.40. The molecule has 1 atom stereocenters. The van der Waals surface area contributed by atoms with Gasteiger partial charge in [-0.2, -0.15) is 0 Å². The SMILES string of the molecule is CC1CCc2c(O)c3c(c(O)c21)C(=O)c1cccc(O)c1C3=O. The third-order valence-electron chi connectivity index (χ3n) is 4.88. The summed E-state index contributed by atoms with van der Waals surface area (Å²) in [5.74, 6) is -1.95. The number of ketones is 2. The van der Waals surface area contributed by atoms with Gasteiger partial charge in [-0.25, -0.2) is 0 Å². The first kappa shape index (κ1) is 13.8. The largest absolute Gasteiger partial charge is 0.507 e. The molecule has 0 heterocycles. The molecule has 2 aromatic rings. The van der Waals surface area contributed by atoms with E-state index >= 15 is 0 Å². The van der Waals surface area contributed by atoms with Gasteiger partial charge in [-0.15, -0.1) is 0 Å². The summed E-state index contributed by atoms with van der Waals surface area (Å²) in [6.45, 7) is 1.91. The van der Waals surface area contributed by atoms with Gasteiger partial charge in [0, 0.05) is 16.7 Å². The maximum Gasteiger partial charge on any atom is 0.202 e. The quantitative estimate of drug-likeness (QED) is 0.555. The minimum atomic E-state index is -0.636. The van der Waals surface area contributed by atoms with Crippen molar-refractivity contribution < 1.29 is 24.9 Å². The molecule has 0 saturated carbocycles. The number of fused-ring (bicyclic) bond motifs is 3. The van der Waals surface area contributed by atoms with Crippen LogP contribution >= 0.6 is 0 Å². The number of benzene rings is 2. The maximum absolute atomic E-state index is 12.8. The Labute approximate surface area is 131 Å². The number of phenolic OH excluding ortho intramolecular Hbond substituents is 3. The Morgan fingerprint density at radius 1 is 0.957 bits per heavy atom. The number of aromatic hydroxyl groups is 3. The van der Waals surface area contributed by atoms with Crippen molar-refractivity contribution in [2.75, 3.05) is 0 Å². The summed E-state index contributed by atoms with van der Waals surface area (Å²) in [4.78, 5) is 25.5. The van der Waals surface area contributed by atoms with Crippen molar-refractivity contribution in [3.8, 4) is 17.2 Å². The molecule has 0 radical (unpaired) electrons. The number of phenols is 3. The van der Waals surface area contributed by atoms with Crippen LogP contribution in [-0.4, -0.2) is 26.9 Å². The van der Waals surface area contributed by atoms with Gasteiger partial charge in [-0.3, -0.25) is 9.59 Å². The second kappa shape index (κ2) is 4.35. The second-order valence-corrected chi connectivity index (χ2v) is 6.14. The Morgan fingerprint density at radius 3 is 2.39 bits per heavy atom. The van der Waals surface area contributed by atoms with Crippen LogP contribution in [-0.2, 0) is 6.42 Å². The van der Waals surface area contributed by atoms with E-state index < -0.39 is 11.6 Å². The van der Waals surface area contributed by atoms with Crippen molar-refractivity contribution in [3.63, 3.8) is 0 Å². The number of carbonyl (C=O) groups is 2. The van der Waals surface area contributed by atoms with Crippen LogP contribution in [0.1, 0.15) is 62.2 Å². The molecule has 0 aliphatic heterocycles. The van der Waals surface area contributed by atoms with Crippen LogP contribution in [0, 0.1) is 0 Å². The highest BCUT2D eigenvalue weighted by Crippen LogP contribution is 2.50. The van der Waals surface area contributed by atoms with Crippen LogP contribution in [0.2, 0.25) is 0 Å². The summed E-state index contributed by atoms with van der Waals surface area (Å²) in [5, 5.41) is 31.1. The fourth-order valence-corrected chi connectivity index (χ4v) is 3.75. The molecule has 4 rings (SSSR count). The zero-order valence-electron chi connectivity index (χ0n) is 12.4. The van der Waals surface area contributed by atoms with Crippen LogP contribution in [0.3, 0.4) is 0 Å². The topological polar surface area (TPSA) is 94.8 Å². The third-order valence-corrected chi connectivity index (χ3v) is 4.88. The zero-order valence-corrected chi connectivity index (χ0v) is 12.4. The van der Waals surface area contributed by atoms with Gasteiger partial charge in [0.2, 0.25) is 5.78 Å². The Hall–Kier alpha value is -2.82. The van der Waals surface area contributed by atoms with Crippen molar-refractivity contribution in [2.45, 2.75) is 25.7 Å². The van der Waals surface area contributed by atoms with Crippen LogP contribution in [0.4, 0.5) is 0 Å². The van der Waals surface area contributed by atoms with Gasteiger partial charge in [0.15, 0.2) is 5.78 Å². The van der Waals surface area contributed by atoms with Crippen molar-refractivity contribution in [3.05, 3.63) is 51.6 Å². The van der Waals surface area contributed by atoms with E-state index in [4.69, 9.17) is 0 Å². The Balaban J connectivity index is 2.12. The van der Waals surface area contributed by atoms with Gasteiger partial charge in [0.05, 0.1) is 16.7 Å². The highest BCUT2D eigenvalue weighted by molar-refractivity contribution is 6.31. The lowest BCUT2D eigenvalue weighted by atomic mass is 9.80. The molecular formula is C18H14O5. The van der Waals surface area contributed by atoms with E-state index in [1.54, 1.807) is 0 Å². The molecule has 3 N–H and O–H groups in total. The van der Waals surface area contributed by atoms with E-state index in [-0.39, 0.29) is 45.4 Å². The summed E-state index contributed by atoms with van der Waals surface area (Å²) < 4.78 is 0. The van der Waals surface area contributed by atoms with Gasteiger partial charge in [0.1, 0.15) is 17.2 Å². The lowest BCUT2D eigenvalue weighted by molar-refractivity contribution is 0.0971. The zero-order chi connectivity index (χ0) is 16.5. The summed E-state index contributed by atoms with van der Waals surface area (Å²) in [6, 6.07) is 4.23. The molecule has 2 aliphatic rings. The smallest absolute Gasteiger partial charge is 0.202 e. The lowest BCUT2D eigenvalue weighted by Crippen LogP contribution is -2.22. The molecule has 23 heavy (non-hydrogen) atoms. The van der Waals surface area contributed by atoms with E-state index in [1.165, 1.54) is 18.2 Å². The minimum absolute atomic E-state index is 0.00896. The molecular weight excluding hydrogens is 296 g/mol. The molecule has 0 saturated heterocycles. The van der Waals surface area contributed by atoms with Crippen molar-refractivity contribution >= 4 is 11.6 Å². The van der Waals surface area contributed by atoms with Gasteiger partial charge in [-0.1, -0.05) is 19.1 Å². The molecule has 116 valence electrons. The number of rotatable bonds is 0. The van der Waals surface area contributed by atoms with E-state index in [0.717, 1.165) is 6.42 Å². The van der Waals surface area contributed by atoms with E-state index in [9.17, 15) is 24.9 Å². The first-order valence-corrected chi connectivity index (χ1v) is 7.45. The predicted molar refractivity (Wildman–Crippen MR) is 81.5 cm³/mol. The highest BCUT2D eigenvalue weighted by atomic mass is 16.3. The number of hydrogen-bond donors (Lipinski definition) is 3. The molecule has 1 unspecified atom stereocenters.